The third-order valence-corrected chi connectivity index (χ3v) is 5.55. The molecule has 0 radical (unpaired) electrons. The van der Waals surface area contributed by atoms with Gasteiger partial charge in [0.15, 0.2) is 0 Å². The van der Waals surface area contributed by atoms with Crippen molar-refractivity contribution in [3.8, 4) is 0 Å². The number of hydrogen-bond acceptors (Lipinski definition) is 4. The second-order valence-electron chi connectivity index (χ2n) is 6.27. The van der Waals surface area contributed by atoms with Gasteiger partial charge in [0.1, 0.15) is 9.71 Å². The third kappa shape index (κ3) is 2.73. The molecule has 4 nitrogen and oxygen atoms in total. The summed E-state index contributed by atoms with van der Waals surface area (Å²) in [5.74, 6) is 0.456. The van der Waals surface area contributed by atoms with E-state index in [2.05, 4.69) is 32.0 Å². The number of thiophene rings is 1. The summed E-state index contributed by atoms with van der Waals surface area (Å²) in [5.41, 5.74) is 9.07. The van der Waals surface area contributed by atoms with Crippen LogP contribution in [0.4, 0.5) is 5.69 Å². The Morgan fingerprint density at radius 3 is 2.58 bits per heavy atom. The van der Waals surface area contributed by atoms with Gasteiger partial charge >= 0.3 is 0 Å². The number of amides is 1. The SMILES string of the molecule is CCN(CC)C(=O)c1sc2nc3ccc(C(C)C)cc3cc2c1N. The summed E-state index contributed by atoms with van der Waals surface area (Å²) >= 11 is 1.39. The first-order valence-corrected chi connectivity index (χ1v) is 9.19. The third-order valence-electron chi connectivity index (χ3n) is 4.45. The van der Waals surface area contributed by atoms with Gasteiger partial charge in [0.2, 0.25) is 0 Å². The average molecular weight is 341 g/mol. The van der Waals surface area contributed by atoms with Crippen LogP contribution in [0.5, 0.6) is 0 Å². The van der Waals surface area contributed by atoms with E-state index in [0.717, 1.165) is 21.1 Å². The molecule has 0 aliphatic rings. The molecule has 0 fully saturated rings. The molecule has 5 heteroatoms. The second kappa shape index (κ2) is 6.40. The van der Waals surface area contributed by atoms with Crippen LogP contribution in [0.1, 0.15) is 48.8 Å². The van der Waals surface area contributed by atoms with Crippen molar-refractivity contribution in [2.75, 3.05) is 18.8 Å². The van der Waals surface area contributed by atoms with Crippen LogP contribution >= 0.6 is 11.3 Å². The highest BCUT2D eigenvalue weighted by Crippen LogP contribution is 2.35. The zero-order valence-corrected chi connectivity index (χ0v) is 15.4. The summed E-state index contributed by atoms with van der Waals surface area (Å²) in [5, 5.41) is 1.95. The minimum atomic E-state index is -0.00701. The van der Waals surface area contributed by atoms with Crippen molar-refractivity contribution in [1.82, 2.24) is 9.88 Å². The minimum absolute atomic E-state index is 0.00701. The number of nitrogens with zero attached hydrogens (tertiary/aromatic N) is 2. The molecule has 1 amide bonds. The lowest BCUT2D eigenvalue weighted by atomic mass is 10.0. The molecular weight excluding hydrogens is 318 g/mol. The Kier molecular flexibility index (Phi) is 4.45. The van der Waals surface area contributed by atoms with Gasteiger partial charge in [-0.2, -0.15) is 0 Å². The van der Waals surface area contributed by atoms with Crippen LogP contribution in [0.2, 0.25) is 0 Å². The predicted molar refractivity (Wildman–Crippen MR) is 103 cm³/mol. The van der Waals surface area contributed by atoms with Crippen molar-refractivity contribution in [2.45, 2.75) is 33.6 Å². The van der Waals surface area contributed by atoms with E-state index in [4.69, 9.17) is 10.7 Å². The number of benzene rings is 1. The Balaban J connectivity index is 2.17. The molecule has 3 rings (SSSR count). The molecule has 3 aromatic rings. The standard InChI is InChI=1S/C19H23N3OS/c1-5-22(6-2)19(23)17-16(20)14-10-13-9-12(11(3)4)7-8-15(13)21-18(14)24-17/h7-11H,5-6,20H2,1-4H3. The number of pyridine rings is 1. The molecule has 2 aromatic heterocycles. The van der Waals surface area contributed by atoms with Crippen molar-refractivity contribution in [2.24, 2.45) is 0 Å². The summed E-state index contributed by atoms with van der Waals surface area (Å²) < 4.78 is 0. The molecule has 2 heterocycles. The topological polar surface area (TPSA) is 59.2 Å². The monoisotopic (exact) mass is 341 g/mol. The van der Waals surface area contributed by atoms with E-state index in [1.165, 1.54) is 16.9 Å². The van der Waals surface area contributed by atoms with Crippen LogP contribution in [0, 0.1) is 0 Å². The van der Waals surface area contributed by atoms with E-state index in [-0.39, 0.29) is 5.91 Å². The number of rotatable bonds is 4. The maximum Gasteiger partial charge on any atom is 0.266 e. The Hall–Kier alpha value is -2.14. The molecule has 0 aliphatic heterocycles. The number of anilines is 1. The highest BCUT2D eigenvalue weighted by atomic mass is 32.1. The summed E-state index contributed by atoms with van der Waals surface area (Å²) in [6.07, 6.45) is 0. The molecule has 0 saturated heterocycles. The van der Waals surface area contributed by atoms with E-state index >= 15 is 0 Å². The quantitative estimate of drug-likeness (QED) is 0.752. The van der Waals surface area contributed by atoms with Gasteiger partial charge in [0.25, 0.3) is 5.91 Å². The normalized spacial score (nSPS) is 11.5. The van der Waals surface area contributed by atoms with Crippen LogP contribution in [-0.4, -0.2) is 28.9 Å². The van der Waals surface area contributed by atoms with Crippen LogP contribution < -0.4 is 5.73 Å². The van der Waals surface area contributed by atoms with Crippen LogP contribution in [0.15, 0.2) is 24.3 Å². The first-order chi connectivity index (χ1) is 11.5. The lowest BCUT2D eigenvalue weighted by Crippen LogP contribution is -2.30. The summed E-state index contributed by atoms with van der Waals surface area (Å²) in [6, 6.07) is 8.39. The number of carbonyl (C=O) groups is 1. The molecule has 1 aromatic carbocycles. The van der Waals surface area contributed by atoms with Gasteiger partial charge in [-0.25, -0.2) is 4.98 Å². The van der Waals surface area contributed by atoms with Gasteiger partial charge in [-0.1, -0.05) is 19.9 Å². The van der Waals surface area contributed by atoms with Gasteiger partial charge in [-0.05, 0) is 43.5 Å². The molecule has 0 spiro atoms. The Morgan fingerprint density at radius 1 is 1.25 bits per heavy atom. The van der Waals surface area contributed by atoms with Gasteiger partial charge in [0.05, 0.1) is 11.2 Å². The molecule has 0 unspecified atom stereocenters. The van der Waals surface area contributed by atoms with E-state index < -0.39 is 0 Å². The lowest BCUT2D eigenvalue weighted by molar-refractivity contribution is 0.0779. The van der Waals surface area contributed by atoms with E-state index in [0.29, 0.717) is 29.6 Å². The molecule has 2 N–H and O–H groups in total. The number of fused-ring (bicyclic) bond motifs is 2. The van der Waals surface area contributed by atoms with Crippen LogP contribution in [0.3, 0.4) is 0 Å². The van der Waals surface area contributed by atoms with Gasteiger partial charge in [0, 0.05) is 23.9 Å². The number of aromatic nitrogens is 1. The van der Waals surface area contributed by atoms with Gasteiger partial charge in [-0.15, -0.1) is 11.3 Å². The lowest BCUT2D eigenvalue weighted by Gasteiger charge is -2.17. The highest BCUT2D eigenvalue weighted by molar-refractivity contribution is 7.21. The van der Waals surface area contributed by atoms with Crippen LogP contribution in [-0.2, 0) is 0 Å². The predicted octanol–water partition coefficient (Wildman–Crippen LogP) is 4.64. The summed E-state index contributed by atoms with van der Waals surface area (Å²) in [7, 11) is 0. The highest BCUT2D eigenvalue weighted by Gasteiger charge is 2.21. The average Bonchev–Trinajstić information content (AvgIpc) is 2.89. The first kappa shape index (κ1) is 16.7. The zero-order valence-electron chi connectivity index (χ0n) is 14.6. The second-order valence-corrected chi connectivity index (χ2v) is 7.27. The maximum absolute atomic E-state index is 12.7. The Morgan fingerprint density at radius 2 is 1.96 bits per heavy atom. The Labute approximate surface area is 146 Å². The molecule has 126 valence electrons. The van der Waals surface area contributed by atoms with E-state index in [1.54, 1.807) is 4.90 Å². The van der Waals surface area contributed by atoms with E-state index in [9.17, 15) is 4.79 Å². The molecule has 0 aliphatic carbocycles. The first-order valence-electron chi connectivity index (χ1n) is 8.38. The van der Waals surface area contributed by atoms with Gasteiger partial charge in [-0.3, -0.25) is 4.79 Å². The van der Waals surface area contributed by atoms with Crippen molar-refractivity contribution < 1.29 is 4.79 Å². The van der Waals surface area contributed by atoms with Crippen LogP contribution in [0.25, 0.3) is 21.1 Å². The fourth-order valence-corrected chi connectivity index (χ4v) is 3.95. The fraction of sp³-hybridized carbons (Fsp3) is 0.368. The van der Waals surface area contributed by atoms with Crippen molar-refractivity contribution in [3.05, 3.63) is 34.7 Å². The van der Waals surface area contributed by atoms with Gasteiger partial charge < -0.3 is 10.6 Å². The van der Waals surface area contributed by atoms with Crippen molar-refractivity contribution >= 4 is 44.1 Å². The molecule has 0 bridgehead atoms. The van der Waals surface area contributed by atoms with Crippen molar-refractivity contribution in [1.29, 1.82) is 0 Å². The largest absolute Gasteiger partial charge is 0.397 e. The minimum Gasteiger partial charge on any atom is -0.397 e. The molecular formula is C19H23N3OS. The summed E-state index contributed by atoms with van der Waals surface area (Å²) in [6.45, 7) is 9.65. The Bertz CT molecular complexity index is 910. The number of hydrogen-bond donors (Lipinski definition) is 1. The smallest absolute Gasteiger partial charge is 0.266 e. The molecule has 0 atom stereocenters. The van der Waals surface area contributed by atoms with E-state index in [1.807, 2.05) is 19.9 Å². The maximum atomic E-state index is 12.7. The number of carbonyl (C=O) groups excluding carboxylic acids is 1. The molecule has 24 heavy (non-hydrogen) atoms. The fourth-order valence-electron chi connectivity index (χ4n) is 2.89. The number of nitrogen functional groups attached to an aromatic ring is 1. The number of nitrogens with two attached hydrogens (primary N) is 1. The summed E-state index contributed by atoms with van der Waals surface area (Å²) in [4.78, 5) is 20.6. The van der Waals surface area contributed by atoms with Crippen molar-refractivity contribution in [3.63, 3.8) is 0 Å². The molecule has 0 saturated carbocycles. The zero-order chi connectivity index (χ0) is 17.4.